The van der Waals surface area contributed by atoms with Gasteiger partial charge in [0.1, 0.15) is 5.82 Å². The molecule has 1 heterocycles. The Balaban J connectivity index is 2.07. The van der Waals surface area contributed by atoms with Crippen LogP contribution < -0.4 is 4.90 Å². The SMILES string of the molecule is C=CCN1CCN(c2ccc(C(C)=O)cc2F)CC1. The number of hydrogen-bond acceptors (Lipinski definition) is 3. The molecule has 1 aromatic rings. The van der Waals surface area contributed by atoms with Crippen molar-refractivity contribution in [1.29, 1.82) is 0 Å². The van der Waals surface area contributed by atoms with E-state index in [1.807, 2.05) is 11.0 Å². The summed E-state index contributed by atoms with van der Waals surface area (Å²) in [6.45, 7) is 9.44. The molecule has 102 valence electrons. The average molecular weight is 262 g/mol. The zero-order chi connectivity index (χ0) is 13.8. The second-order valence-corrected chi connectivity index (χ2v) is 4.80. The van der Waals surface area contributed by atoms with Crippen LogP contribution in [-0.2, 0) is 0 Å². The molecular weight excluding hydrogens is 243 g/mol. The first-order chi connectivity index (χ1) is 9.11. The minimum Gasteiger partial charge on any atom is -0.367 e. The molecule has 1 aliphatic rings. The summed E-state index contributed by atoms with van der Waals surface area (Å²) >= 11 is 0. The van der Waals surface area contributed by atoms with E-state index in [0.29, 0.717) is 11.3 Å². The van der Waals surface area contributed by atoms with E-state index >= 15 is 0 Å². The highest BCUT2D eigenvalue weighted by molar-refractivity contribution is 5.94. The number of Topliss-reactive ketones (excluding diaryl/α,β-unsaturated/α-hetero) is 1. The van der Waals surface area contributed by atoms with E-state index in [-0.39, 0.29) is 11.6 Å². The summed E-state index contributed by atoms with van der Waals surface area (Å²) < 4.78 is 14.0. The molecule has 1 aliphatic heterocycles. The van der Waals surface area contributed by atoms with Crippen molar-refractivity contribution in [3.63, 3.8) is 0 Å². The first kappa shape index (κ1) is 13.7. The predicted octanol–water partition coefficient (Wildman–Crippen LogP) is 2.34. The lowest BCUT2D eigenvalue weighted by Gasteiger charge is -2.35. The van der Waals surface area contributed by atoms with E-state index in [1.165, 1.54) is 13.0 Å². The van der Waals surface area contributed by atoms with E-state index in [1.54, 1.807) is 12.1 Å². The molecule has 3 nitrogen and oxygen atoms in total. The van der Waals surface area contributed by atoms with Crippen molar-refractivity contribution in [1.82, 2.24) is 4.90 Å². The Hall–Kier alpha value is -1.68. The highest BCUT2D eigenvalue weighted by Crippen LogP contribution is 2.22. The second-order valence-electron chi connectivity index (χ2n) is 4.80. The van der Waals surface area contributed by atoms with Crippen LogP contribution in [0.3, 0.4) is 0 Å². The minimum atomic E-state index is -0.315. The number of anilines is 1. The molecule has 0 aromatic heterocycles. The third kappa shape index (κ3) is 3.20. The first-order valence-electron chi connectivity index (χ1n) is 6.50. The van der Waals surface area contributed by atoms with Crippen molar-refractivity contribution < 1.29 is 9.18 Å². The molecule has 0 aliphatic carbocycles. The maximum atomic E-state index is 14.0. The lowest BCUT2D eigenvalue weighted by molar-refractivity contribution is 0.101. The largest absolute Gasteiger partial charge is 0.367 e. The van der Waals surface area contributed by atoms with Gasteiger partial charge in [0.25, 0.3) is 0 Å². The number of nitrogens with zero attached hydrogens (tertiary/aromatic N) is 2. The van der Waals surface area contributed by atoms with Gasteiger partial charge < -0.3 is 4.90 Å². The Morgan fingerprint density at radius 3 is 2.58 bits per heavy atom. The van der Waals surface area contributed by atoms with Gasteiger partial charge in [-0.15, -0.1) is 6.58 Å². The zero-order valence-corrected chi connectivity index (χ0v) is 11.2. The van der Waals surface area contributed by atoms with E-state index in [2.05, 4.69) is 11.5 Å². The molecule has 0 bridgehead atoms. The van der Waals surface area contributed by atoms with Gasteiger partial charge in [-0.3, -0.25) is 9.69 Å². The lowest BCUT2D eigenvalue weighted by Crippen LogP contribution is -2.46. The Kier molecular flexibility index (Phi) is 4.32. The molecular formula is C15H19FN2O. The van der Waals surface area contributed by atoms with E-state index in [0.717, 1.165) is 32.7 Å². The maximum Gasteiger partial charge on any atom is 0.159 e. The van der Waals surface area contributed by atoms with Gasteiger partial charge in [0.15, 0.2) is 5.78 Å². The van der Waals surface area contributed by atoms with Crippen molar-refractivity contribution >= 4 is 11.5 Å². The van der Waals surface area contributed by atoms with Crippen molar-refractivity contribution in [3.05, 3.63) is 42.2 Å². The smallest absolute Gasteiger partial charge is 0.159 e. The molecule has 1 fully saturated rings. The van der Waals surface area contributed by atoms with Gasteiger partial charge in [0, 0.05) is 38.3 Å². The number of ketones is 1. The third-order valence-corrected chi connectivity index (χ3v) is 3.45. The summed E-state index contributed by atoms with van der Waals surface area (Å²) in [5.74, 6) is -0.425. The number of halogens is 1. The molecule has 19 heavy (non-hydrogen) atoms. The topological polar surface area (TPSA) is 23.6 Å². The normalized spacial score (nSPS) is 16.4. The van der Waals surface area contributed by atoms with Crippen LogP contribution in [0.15, 0.2) is 30.9 Å². The van der Waals surface area contributed by atoms with E-state index in [4.69, 9.17) is 0 Å². The molecule has 0 amide bonds. The summed E-state index contributed by atoms with van der Waals surface area (Å²) in [6.07, 6.45) is 1.89. The zero-order valence-electron chi connectivity index (χ0n) is 11.2. The molecule has 0 spiro atoms. The highest BCUT2D eigenvalue weighted by Gasteiger charge is 2.19. The van der Waals surface area contributed by atoms with E-state index < -0.39 is 0 Å². The second kappa shape index (κ2) is 5.97. The van der Waals surface area contributed by atoms with Crippen molar-refractivity contribution in [2.45, 2.75) is 6.92 Å². The molecule has 0 unspecified atom stereocenters. The Labute approximate surface area is 113 Å². The molecule has 0 radical (unpaired) electrons. The van der Waals surface area contributed by atoms with Crippen molar-refractivity contribution in [2.24, 2.45) is 0 Å². The summed E-state index contributed by atoms with van der Waals surface area (Å²) in [6, 6.07) is 4.72. The molecule has 0 atom stereocenters. The summed E-state index contributed by atoms with van der Waals surface area (Å²) in [5, 5.41) is 0. The van der Waals surface area contributed by atoms with Crippen LogP contribution >= 0.6 is 0 Å². The fourth-order valence-corrected chi connectivity index (χ4v) is 2.34. The fourth-order valence-electron chi connectivity index (χ4n) is 2.34. The van der Waals surface area contributed by atoms with Crippen LogP contribution in [0.5, 0.6) is 0 Å². The number of benzene rings is 1. The van der Waals surface area contributed by atoms with Crippen LogP contribution in [0.25, 0.3) is 0 Å². The summed E-state index contributed by atoms with van der Waals surface area (Å²) in [5.41, 5.74) is 1.01. The number of hydrogen-bond donors (Lipinski definition) is 0. The fraction of sp³-hybridized carbons (Fsp3) is 0.400. The highest BCUT2D eigenvalue weighted by atomic mass is 19.1. The maximum absolute atomic E-state index is 14.0. The van der Waals surface area contributed by atoms with Crippen LogP contribution in [0.4, 0.5) is 10.1 Å². The number of rotatable bonds is 4. The predicted molar refractivity (Wildman–Crippen MR) is 75.3 cm³/mol. The molecule has 1 saturated heterocycles. The molecule has 2 rings (SSSR count). The quantitative estimate of drug-likeness (QED) is 0.614. The van der Waals surface area contributed by atoms with Gasteiger partial charge in [-0.1, -0.05) is 6.08 Å². The Morgan fingerprint density at radius 2 is 2.05 bits per heavy atom. The monoisotopic (exact) mass is 262 g/mol. The molecule has 0 saturated carbocycles. The van der Waals surface area contributed by atoms with Gasteiger partial charge in [0.05, 0.1) is 5.69 Å². The number of carbonyl (C=O) groups excluding carboxylic acids is 1. The van der Waals surface area contributed by atoms with E-state index in [9.17, 15) is 9.18 Å². The van der Waals surface area contributed by atoms with Gasteiger partial charge in [-0.05, 0) is 25.1 Å². The third-order valence-electron chi connectivity index (χ3n) is 3.45. The molecule has 4 heteroatoms. The summed E-state index contributed by atoms with van der Waals surface area (Å²) in [7, 11) is 0. The Morgan fingerprint density at radius 1 is 1.37 bits per heavy atom. The lowest BCUT2D eigenvalue weighted by atomic mass is 10.1. The van der Waals surface area contributed by atoms with Crippen LogP contribution in [0.1, 0.15) is 17.3 Å². The molecule has 0 N–H and O–H groups in total. The van der Waals surface area contributed by atoms with Crippen LogP contribution in [0.2, 0.25) is 0 Å². The van der Waals surface area contributed by atoms with Crippen LogP contribution in [0, 0.1) is 5.82 Å². The van der Waals surface area contributed by atoms with Crippen molar-refractivity contribution in [2.75, 3.05) is 37.6 Å². The number of piperazine rings is 1. The van der Waals surface area contributed by atoms with Gasteiger partial charge in [0.2, 0.25) is 0 Å². The summed E-state index contributed by atoms with van der Waals surface area (Å²) in [4.78, 5) is 15.5. The standard InChI is InChI=1S/C15H19FN2O/c1-3-6-17-7-9-18(10-8-17)15-5-4-13(12(2)19)11-14(15)16/h3-5,11H,1,6-10H2,2H3. The first-order valence-corrected chi connectivity index (χ1v) is 6.50. The average Bonchev–Trinajstić information content (AvgIpc) is 2.40. The molecule has 1 aromatic carbocycles. The van der Waals surface area contributed by atoms with Gasteiger partial charge in [-0.2, -0.15) is 0 Å². The van der Waals surface area contributed by atoms with Gasteiger partial charge in [-0.25, -0.2) is 4.39 Å². The van der Waals surface area contributed by atoms with Gasteiger partial charge >= 0.3 is 0 Å². The van der Waals surface area contributed by atoms with Crippen molar-refractivity contribution in [3.8, 4) is 0 Å². The minimum absolute atomic E-state index is 0.110. The number of carbonyl (C=O) groups is 1. The van der Waals surface area contributed by atoms with Crippen LogP contribution in [-0.4, -0.2) is 43.4 Å². The Bertz CT molecular complexity index is 479.